The third-order valence-electron chi connectivity index (χ3n) is 2.80. The van der Waals surface area contributed by atoms with E-state index in [0.29, 0.717) is 30.5 Å². The first-order valence-corrected chi connectivity index (χ1v) is 7.54. The number of carbonyl (C=O) groups is 1. The van der Waals surface area contributed by atoms with Gasteiger partial charge in [-0.15, -0.1) is 0 Å². The Labute approximate surface area is 137 Å². The van der Waals surface area contributed by atoms with Gasteiger partial charge in [-0.3, -0.25) is 4.79 Å². The Bertz CT molecular complexity index is 664. The van der Waals surface area contributed by atoms with Gasteiger partial charge in [0.2, 0.25) is 0 Å². The quantitative estimate of drug-likeness (QED) is 0.770. The lowest BCUT2D eigenvalue weighted by Gasteiger charge is -2.10. The molecule has 0 aliphatic carbocycles. The fourth-order valence-electron chi connectivity index (χ4n) is 1.81. The Hall–Kier alpha value is -1.99. The fraction of sp³-hybridized carbons (Fsp3) is 0.267. The van der Waals surface area contributed by atoms with Gasteiger partial charge in [0.15, 0.2) is 0 Å². The molecule has 0 bridgehead atoms. The van der Waals surface area contributed by atoms with Gasteiger partial charge in [0.05, 0.1) is 12.3 Å². The number of carbonyl (C=O) groups excluding carboxylic acids is 1. The number of hydrogen-bond donors (Lipinski definition) is 2. The van der Waals surface area contributed by atoms with Crippen molar-refractivity contribution in [3.63, 3.8) is 0 Å². The van der Waals surface area contributed by atoms with Crippen molar-refractivity contribution in [1.29, 1.82) is 0 Å². The molecule has 2 rings (SSSR count). The average Bonchev–Trinajstić information content (AvgIpc) is 2.49. The van der Waals surface area contributed by atoms with Crippen molar-refractivity contribution in [1.82, 2.24) is 15.3 Å². The van der Waals surface area contributed by atoms with Gasteiger partial charge >= 0.3 is 0 Å². The Morgan fingerprint density at radius 2 is 2.09 bits per heavy atom. The summed E-state index contributed by atoms with van der Waals surface area (Å²) in [7, 11) is 1.58. The molecular weight excluding hydrogens is 348 g/mol. The molecule has 0 spiro atoms. The van der Waals surface area contributed by atoms with Crippen LogP contribution in [-0.4, -0.2) is 36.1 Å². The van der Waals surface area contributed by atoms with Gasteiger partial charge < -0.3 is 15.4 Å². The molecule has 1 aromatic heterocycles. The van der Waals surface area contributed by atoms with Crippen molar-refractivity contribution in [2.24, 2.45) is 0 Å². The van der Waals surface area contributed by atoms with Gasteiger partial charge in [-0.2, -0.15) is 0 Å². The SMILES string of the molecule is COCCNC(=O)c1cc(Nc2ccccc2Br)nc(C)n1. The molecule has 116 valence electrons. The molecule has 2 N–H and O–H groups in total. The maximum atomic E-state index is 12.0. The molecule has 0 saturated heterocycles. The van der Waals surface area contributed by atoms with Gasteiger partial charge in [-0.05, 0) is 35.0 Å². The number of aromatic nitrogens is 2. The maximum absolute atomic E-state index is 12.0. The molecule has 0 atom stereocenters. The summed E-state index contributed by atoms with van der Waals surface area (Å²) in [5.41, 5.74) is 1.18. The number of anilines is 2. The lowest BCUT2D eigenvalue weighted by molar-refractivity contribution is 0.0932. The van der Waals surface area contributed by atoms with E-state index >= 15 is 0 Å². The van der Waals surface area contributed by atoms with Gasteiger partial charge in [0.25, 0.3) is 5.91 Å². The van der Waals surface area contributed by atoms with Crippen molar-refractivity contribution < 1.29 is 9.53 Å². The van der Waals surface area contributed by atoms with E-state index in [2.05, 4.69) is 36.5 Å². The maximum Gasteiger partial charge on any atom is 0.270 e. The van der Waals surface area contributed by atoms with E-state index < -0.39 is 0 Å². The van der Waals surface area contributed by atoms with Crippen molar-refractivity contribution in [2.75, 3.05) is 25.6 Å². The topological polar surface area (TPSA) is 76.1 Å². The Morgan fingerprint density at radius 1 is 1.32 bits per heavy atom. The molecule has 2 aromatic rings. The monoisotopic (exact) mass is 364 g/mol. The first-order chi connectivity index (χ1) is 10.6. The molecule has 0 aliphatic heterocycles. The van der Waals surface area contributed by atoms with Crippen molar-refractivity contribution >= 4 is 33.3 Å². The second kappa shape index (κ2) is 7.86. The van der Waals surface area contributed by atoms with Crippen LogP contribution in [0.25, 0.3) is 0 Å². The van der Waals surface area contributed by atoms with E-state index in [9.17, 15) is 4.79 Å². The Kier molecular flexibility index (Phi) is 5.85. The first-order valence-electron chi connectivity index (χ1n) is 6.74. The molecule has 7 heteroatoms. The van der Waals surface area contributed by atoms with Crippen LogP contribution in [0.1, 0.15) is 16.3 Å². The summed E-state index contributed by atoms with van der Waals surface area (Å²) in [6.45, 7) is 2.64. The van der Waals surface area contributed by atoms with E-state index in [0.717, 1.165) is 10.2 Å². The highest BCUT2D eigenvalue weighted by atomic mass is 79.9. The molecule has 1 heterocycles. The molecule has 0 fully saturated rings. The van der Waals surface area contributed by atoms with Crippen LogP contribution in [0.15, 0.2) is 34.8 Å². The van der Waals surface area contributed by atoms with Crippen molar-refractivity contribution in [2.45, 2.75) is 6.92 Å². The molecular formula is C15H17BrN4O2. The minimum Gasteiger partial charge on any atom is -0.383 e. The van der Waals surface area contributed by atoms with Crippen LogP contribution in [0.5, 0.6) is 0 Å². The highest BCUT2D eigenvalue weighted by molar-refractivity contribution is 9.10. The number of para-hydroxylation sites is 1. The van der Waals surface area contributed by atoms with E-state index in [4.69, 9.17) is 4.74 Å². The molecule has 0 radical (unpaired) electrons. The number of aryl methyl sites for hydroxylation is 1. The second-order valence-electron chi connectivity index (χ2n) is 4.54. The van der Waals surface area contributed by atoms with E-state index in [-0.39, 0.29) is 5.91 Å². The Morgan fingerprint density at radius 3 is 2.82 bits per heavy atom. The molecule has 0 aliphatic rings. The minimum absolute atomic E-state index is 0.252. The summed E-state index contributed by atoms with van der Waals surface area (Å²) < 4.78 is 5.82. The third kappa shape index (κ3) is 4.51. The number of amides is 1. The van der Waals surface area contributed by atoms with Gasteiger partial charge in [0.1, 0.15) is 17.3 Å². The highest BCUT2D eigenvalue weighted by Gasteiger charge is 2.10. The summed E-state index contributed by atoms with van der Waals surface area (Å²) in [6, 6.07) is 9.30. The predicted octanol–water partition coefficient (Wildman–Crippen LogP) is 2.67. The first kappa shape index (κ1) is 16.4. The summed E-state index contributed by atoms with van der Waals surface area (Å²) in [5.74, 6) is 0.836. The number of methoxy groups -OCH3 is 1. The molecule has 1 amide bonds. The molecule has 0 unspecified atom stereocenters. The van der Waals surface area contributed by atoms with E-state index in [1.54, 1.807) is 20.1 Å². The zero-order chi connectivity index (χ0) is 15.9. The van der Waals surface area contributed by atoms with E-state index in [1.807, 2.05) is 24.3 Å². The van der Waals surface area contributed by atoms with Crippen LogP contribution in [0, 0.1) is 6.92 Å². The minimum atomic E-state index is -0.252. The van der Waals surface area contributed by atoms with E-state index in [1.165, 1.54) is 0 Å². The van der Waals surface area contributed by atoms with Gasteiger partial charge in [-0.25, -0.2) is 9.97 Å². The van der Waals surface area contributed by atoms with Crippen LogP contribution in [0.2, 0.25) is 0 Å². The zero-order valence-electron chi connectivity index (χ0n) is 12.4. The number of ether oxygens (including phenoxy) is 1. The smallest absolute Gasteiger partial charge is 0.270 e. The Balaban J connectivity index is 2.16. The number of hydrogen-bond acceptors (Lipinski definition) is 5. The van der Waals surface area contributed by atoms with Gasteiger partial charge in [0, 0.05) is 24.2 Å². The van der Waals surface area contributed by atoms with Crippen molar-refractivity contribution in [3.05, 3.63) is 46.3 Å². The summed E-state index contributed by atoms with van der Waals surface area (Å²) in [6.07, 6.45) is 0. The van der Waals surface area contributed by atoms with Crippen LogP contribution >= 0.6 is 15.9 Å². The third-order valence-corrected chi connectivity index (χ3v) is 3.49. The number of nitrogens with one attached hydrogen (secondary N) is 2. The largest absolute Gasteiger partial charge is 0.383 e. The summed E-state index contributed by atoms with van der Waals surface area (Å²) in [5, 5.41) is 5.91. The molecule has 22 heavy (non-hydrogen) atoms. The van der Waals surface area contributed by atoms with Crippen LogP contribution < -0.4 is 10.6 Å². The highest BCUT2D eigenvalue weighted by Crippen LogP contribution is 2.24. The average molecular weight is 365 g/mol. The number of benzene rings is 1. The molecule has 0 saturated carbocycles. The van der Waals surface area contributed by atoms with Crippen LogP contribution in [-0.2, 0) is 4.74 Å². The normalized spacial score (nSPS) is 10.3. The summed E-state index contributed by atoms with van der Waals surface area (Å²) in [4.78, 5) is 20.5. The standard InChI is InChI=1S/C15H17BrN4O2/c1-10-18-13(15(21)17-7-8-22-2)9-14(19-10)20-12-6-4-3-5-11(12)16/h3-6,9H,7-8H2,1-2H3,(H,17,21)(H,18,19,20). The number of halogens is 1. The second-order valence-corrected chi connectivity index (χ2v) is 5.39. The lowest BCUT2D eigenvalue weighted by Crippen LogP contribution is -2.28. The number of rotatable bonds is 6. The molecule has 1 aromatic carbocycles. The summed E-state index contributed by atoms with van der Waals surface area (Å²) >= 11 is 3.46. The number of nitrogens with zero attached hydrogens (tertiary/aromatic N) is 2. The van der Waals surface area contributed by atoms with Crippen molar-refractivity contribution in [3.8, 4) is 0 Å². The molecule has 6 nitrogen and oxygen atoms in total. The lowest BCUT2D eigenvalue weighted by atomic mass is 10.3. The van der Waals surface area contributed by atoms with Gasteiger partial charge in [-0.1, -0.05) is 12.1 Å². The van der Waals surface area contributed by atoms with Crippen LogP contribution in [0.3, 0.4) is 0 Å². The fourth-order valence-corrected chi connectivity index (χ4v) is 2.19. The predicted molar refractivity (Wildman–Crippen MR) is 88.4 cm³/mol. The zero-order valence-corrected chi connectivity index (χ0v) is 14.0. The van der Waals surface area contributed by atoms with Crippen LogP contribution in [0.4, 0.5) is 11.5 Å².